The molecule has 0 amide bonds. The van der Waals surface area contributed by atoms with Gasteiger partial charge in [-0.05, 0) is 19.3 Å². The number of anilines is 1. The van der Waals surface area contributed by atoms with Crippen molar-refractivity contribution in [3.8, 4) is 0 Å². The Balaban J connectivity index is 0.00000243. The van der Waals surface area contributed by atoms with Gasteiger partial charge in [-0.3, -0.25) is 9.67 Å². The highest BCUT2D eigenvalue weighted by molar-refractivity contribution is 14.0. The monoisotopic (exact) mass is 489 g/mol. The van der Waals surface area contributed by atoms with Crippen LogP contribution >= 0.6 is 35.3 Å². The molecule has 2 aromatic rings. The van der Waals surface area contributed by atoms with Gasteiger partial charge in [0, 0.05) is 44.8 Å². The second-order valence-corrected chi connectivity index (χ2v) is 7.26. The zero-order chi connectivity index (χ0) is 17.6. The van der Waals surface area contributed by atoms with Crippen molar-refractivity contribution in [3.05, 3.63) is 28.5 Å². The number of piperidine rings is 1. The molecule has 0 spiro atoms. The number of nitrogens with one attached hydrogen (secondary N) is 2. The lowest BCUT2D eigenvalue weighted by Crippen LogP contribution is -2.51. The minimum Gasteiger partial charge on any atom is -0.367 e. The van der Waals surface area contributed by atoms with Crippen LogP contribution in [0.25, 0.3) is 0 Å². The number of thiazole rings is 1. The summed E-state index contributed by atoms with van der Waals surface area (Å²) in [6, 6.07) is 0.377. The summed E-state index contributed by atoms with van der Waals surface area (Å²) >= 11 is 1.72. The van der Waals surface area contributed by atoms with Crippen LogP contribution in [0.5, 0.6) is 0 Å². The van der Waals surface area contributed by atoms with Crippen LogP contribution < -0.4 is 15.5 Å². The fourth-order valence-corrected chi connectivity index (χ4v) is 3.80. The van der Waals surface area contributed by atoms with Crippen LogP contribution in [0.2, 0.25) is 0 Å². The van der Waals surface area contributed by atoms with Gasteiger partial charge in [-0.2, -0.15) is 5.10 Å². The van der Waals surface area contributed by atoms with Crippen molar-refractivity contribution in [2.24, 2.45) is 12.0 Å². The molecule has 7 nitrogen and oxygen atoms in total. The summed E-state index contributed by atoms with van der Waals surface area (Å²) in [6.07, 6.45) is 7.31. The molecule has 1 fully saturated rings. The first-order valence-corrected chi connectivity index (χ1v) is 9.70. The second-order valence-electron chi connectivity index (χ2n) is 6.31. The summed E-state index contributed by atoms with van der Waals surface area (Å²) < 4.78 is 1.85. The van der Waals surface area contributed by atoms with Gasteiger partial charge in [-0.1, -0.05) is 6.92 Å². The number of hydrogen-bond acceptors (Lipinski definition) is 5. The molecule has 0 bridgehead atoms. The van der Waals surface area contributed by atoms with Gasteiger partial charge in [-0.15, -0.1) is 35.3 Å². The Kier molecular flexibility index (Phi) is 8.14. The van der Waals surface area contributed by atoms with Gasteiger partial charge in [0.15, 0.2) is 5.96 Å². The van der Waals surface area contributed by atoms with E-state index in [-0.39, 0.29) is 24.0 Å². The van der Waals surface area contributed by atoms with E-state index in [0.29, 0.717) is 12.6 Å². The third-order valence-corrected chi connectivity index (χ3v) is 5.42. The van der Waals surface area contributed by atoms with Crippen molar-refractivity contribution in [3.63, 3.8) is 0 Å². The summed E-state index contributed by atoms with van der Waals surface area (Å²) in [5, 5.41) is 14.5. The Morgan fingerprint density at radius 2 is 2.31 bits per heavy atom. The molecule has 1 unspecified atom stereocenters. The number of aromatic nitrogens is 3. The number of guanidine groups is 1. The zero-order valence-corrected chi connectivity index (χ0v) is 18.8. The Morgan fingerprint density at radius 1 is 1.46 bits per heavy atom. The highest BCUT2D eigenvalue weighted by Crippen LogP contribution is 2.19. The van der Waals surface area contributed by atoms with Crippen molar-refractivity contribution in [2.75, 3.05) is 25.0 Å². The topological polar surface area (TPSA) is 70.4 Å². The van der Waals surface area contributed by atoms with Gasteiger partial charge in [-0.25, -0.2) is 4.98 Å². The minimum absolute atomic E-state index is 0. The van der Waals surface area contributed by atoms with E-state index in [1.165, 1.54) is 10.7 Å². The van der Waals surface area contributed by atoms with Crippen LogP contribution in [0.3, 0.4) is 0 Å². The Morgan fingerprint density at radius 3 is 2.96 bits per heavy atom. The van der Waals surface area contributed by atoms with Crippen molar-refractivity contribution in [1.29, 1.82) is 0 Å². The standard InChI is InChI=1S/C17H27N7S.HI/c1-4-16-21-14(12-25-16)8-19-17(18-2)22-13-6-5-7-24(10-13)15-9-20-23(3)11-15;/h9,11-13H,4-8,10H2,1-3H3,(H2,18,19,22);1H. The van der Waals surface area contributed by atoms with Crippen molar-refractivity contribution in [2.45, 2.75) is 38.8 Å². The molecule has 0 radical (unpaired) electrons. The summed E-state index contributed by atoms with van der Waals surface area (Å²) in [5.41, 5.74) is 2.26. The maximum Gasteiger partial charge on any atom is 0.191 e. The average Bonchev–Trinajstić information content (AvgIpc) is 3.27. The predicted octanol–water partition coefficient (Wildman–Crippen LogP) is 2.39. The van der Waals surface area contributed by atoms with Crippen LogP contribution in [0.15, 0.2) is 22.8 Å². The molecule has 0 aliphatic carbocycles. The van der Waals surface area contributed by atoms with E-state index in [2.05, 4.69) is 49.1 Å². The Hall–Kier alpha value is -1.36. The largest absolute Gasteiger partial charge is 0.367 e. The molecule has 9 heteroatoms. The first kappa shape index (κ1) is 20.9. The van der Waals surface area contributed by atoms with E-state index in [1.807, 2.05) is 25.0 Å². The van der Waals surface area contributed by atoms with Crippen LogP contribution in [-0.2, 0) is 20.0 Å². The van der Waals surface area contributed by atoms with E-state index >= 15 is 0 Å². The first-order valence-electron chi connectivity index (χ1n) is 8.82. The van der Waals surface area contributed by atoms with Gasteiger partial charge < -0.3 is 15.5 Å². The SMILES string of the molecule is CCc1nc(CNC(=NC)NC2CCCN(c3cnn(C)c3)C2)cs1.I. The molecule has 3 heterocycles. The maximum absolute atomic E-state index is 4.59. The molecule has 26 heavy (non-hydrogen) atoms. The van der Waals surface area contributed by atoms with Gasteiger partial charge >= 0.3 is 0 Å². The van der Waals surface area contributed by atoms with Crippen LogP contribution in [0.4, 0.5) is 5.69 Å². The summed E-state index contributed by atoms with van der Waals surface area (Å²) in [7, 11) is 3.77. The number of halogens is 1. The maximum atomic E-state index is 4.59. The number of aliphatic imine (C=N–C) groups is 1. The van der Waals surface area contributed by atoms with E-state index in [9.17, 15) is 0 Å². The molecular formula is C17H28IN7S. The molecule has 1 atom stereocenters. The third-order valence-electron chi connectivity index (χ3n) is 4.38. The fraction of sp³-hybridized carbons (Fsp3) is 0.588. The summed E-state index contributed by atoms with van der Waals surface area (Å²) in [5.74, 6) is 0.837. The van der Waals surface area contributed by atoms with Crippen LogP contribution in [-0.4, -0.2) is 46.9 Å². The van der Waals surface area contributed by atoms with E-state index in [1.54, 1.807) is 11.3 Å². The predicted molar refractivity (Wildman–Crippen MR) is 119 cm³/mol. The van der Waals surface area contributed by atoms with Gasteiger partial charge in [0.1, 0.15) is 0 Å². The third kappa shape index (κ3) is 5.57. The Labute approximate surface area is 176 Å². The lowest BCUT2D eigenvalue weighted by atomic mass is 10.1. The van der Waals surface area contributed by atoms with Crippen molar-refractivity contribution >= 4 is 47.0 Å². The van der Waals surface area contributed by atoms with Crippen LogP contribution in [0, 0.1) is 0 Å². The minimum atomic E-state index is 0. The van der Waals surface area contributed by atoms with E-state index < -0.39 is 0 Å². The quantitative estimate of drug-likeness (QED) is 0.384. The molecule has 1 saturated heterocycles. The Bertz CT molecular complexity index is 712. The van der Waals surface area contributed by atoms with Gasteiger partial charge in [0.05, 0.1) is 29.1 Å². The van der Waals surface area contributed by atoms with Crippen molar-refractivity contribution in [1.82, 2.24) is 25.4 Å². The number of aryl methyl sites for hydroxylation is 2. The highest BCUT2D eigenvalue weighted by Gasteiger charge is 2.21. The number of rotatable bonds is 5. The molecule has 3 rings (SSSR count). The first-order chi connectivity index (χ1) is 12.2. The van der Waals surface area contributed by atoms with E-state index in [0.717, 1.165) is 44.0 Å². The highest BCUT2D eigenvalue weighted by atomic mass is 127. The lowest BCUT2D eigenvalue weighted by molar-refractivity contribution is 0.468. The molecule has 2 aromatic heterocycles. The number of nitrogens with zero attached hydrogens (tertiary/aromatic N) is 5. The molecular weight excluding hydrogens is 461 g/mol. The number of hydrogen-bond donors (Lipinski definition) is 2. The molecule has 1 aliphatic heterocycles. The zero-order valence-electron chi connectivity index (χ0n) is 15.6. The fourth-order valence-electron chi connectivity index (χ4n) is 3.06. The molecule has 1 aliphatic rings. The summed E-state index contributed by atoms with van der Waals surface area (Å²) in [4.78, 5) is 11.3. The average molecular weight is 489 g/mol. The van der Waals surface area contributed by atoms with Gasteiger partial charge in [0.25, 0.3) is 0 Å². The molecule has 0 saturated carbocycles. The van der Waals surface area contributed by atoms with E-state index in [4.69, 9.17) is 0 Å². The molecule has 2 N–H and O–H groups in total. The normalized spacial score (nSPS) is 17.7. The van der Waals surface area contributed by atoms with Crippen LogP contribution in [0.1, 0.15) is 30.5 Å². The smallest absolute Gasteiger partial charge is 0.191 e. The van der Waals surface area contributed by atoms with Crippen molar-refractivity contribution < 1.29 is 0 Å². The molecule has 144 valence electrons. The van der Waals surface area contributed by atoms with Gasteiger partial charge in [0.2, 0.25) is 0 Å². The lowest BCUT2D eigenvalue weighted by Gasteiger charge is -2.34. The summed E-state index contributed by atoms with van der Waals surface area (Å²) in [6.45, 7) is 4.88. The second kappa shape index (κ2) is 10.1. The molecule has 0 aromatic carbocycles.